The highest BCUT2D eigenvalue weighted by Gasteiger charge is 2.14. The lowest BCUT2D eigenvalue weighted by atomic mass is 10.1. The fourth-order valence-corrected chi connectivity index (χ4v) is 2.30. The van der Waals surface area contributed by atoms with Crippen LogP contribution in [0.1, 0.15) is 10.4 Å². The molecule has 0 atom stereocenters. The predicted octanol–water partition coefficient (Wildman–Crippen LogP) is 3.95. The molecule has 8 heteroatoms. The van der Waals surface area contributed by atoms with Crippen LogP contribution in [-0.4, -0.2) is 32.1 Å². The Labute approximate surface area is 153 Å². The van der Waals surface area contributed by atoms with Crippen LogP contribution in [0, 0.1) is 5.82 Å². The highest BCUT2D eigenvalue weighted by Crippen LogP contribution is 2.27. The Bertz CT molecular complexity index is 795. The van der Waals surface area contributed by atoms with Gasteiger partial charge in [0.05, 0.1) is 12.1 Å². The SMILES string of the molecule is COc1ccc(C(=O)COC(=O)COc2ccc(Cl)cc2Cl)cc1F. The highest BCUT2D eigenvalue weighted by atomic mass is 35.5. The van der Waals surface area contributed by atoms with Gasteiger partial charge in [-0.05, 0) is 36.4 Å². The summed E-state index contributed by atoms with van der Waals surface area (Å²) < 4.78 is 28.3. The van der Waals surface area contributed by atoms with Gasteiger partial charge in [-0.15, -0.1) is 0 Å². The molecule has 0 bridgehead atoms. The lowest BCUT2D eigenvalue weighted by Crippen LogP contribution is -2.19. The maximum absolute atomic E-state index is 13.6. The smallest absolute Gasteiger partial charge is 0.344 e. The van der Waals surface area contributed by atoms with Crippen molar-refractivity contribution in [3.8, 4) is 11.5 Å². The minimum atomic E-state index is -0.770. The third-order valence-corrected chi connectivity index (χ3v) is 3.61. The predicted molar refractivity (Wildman–Crippen MR) is 90.2 cm³/mol. The van der Waals surface area contributed by atoms with Crippen LogP contribution >= 0.6 is 23.2 Å². The van der Waals surface area contributed by atoms with E-state index in [-0.39, 0.29) is 22.1 Å². The maximum atomic E-state index is 13.6. The van der Waals surface area contributed by atoms with E-state index in [2.05, 4.69) is 0 Å². The molecule has 0 saturated heterocycles. The number of ether oxygens (including phenoxy) is 3. The van der Waals surface area contributed by atoms with Gasteiger partial charge in [0, 0.05) is 10.6 Å². The number of hydrogen-bond acceptors (Lipinski definition) is 5. The first kappa shape index (κ1) is 19.0. The van der Waals surface area contributed by atoms with Crippen LogP contribution in [0.4, 0.5) is 4.39 Å². The maximum Gasteiger partial charge on any atom is 0.344 e. The van der Waals surface area contributed by atoms with Gasteiger partial charge in [0.25, 0.3) is 0 Å². The van der Waals surface area contributed by atoms with Crippen molar-refractivity contribution in [2.24, 2.45) is 0 Å². The lowest BCUT2D eigenvalue weighted by molar-refractivity contribution is -0.144. The summed E-state index contributed by atoms with van der Waals surface area (Å²) in [7, 11) is 1.31. The number of rotatable bonds is 7. The molecule has 0 aliphatic rings. The summed E-state index contributed by atoms with van der Waals surface area (Å²) in [6, 6.07) is 8.22. The van der Waals surface area contributed by atoms with Crippen molar-refractivity contribution in [2.75, 3.05) is 20.3 Å². The third kappa shape index (κ3) is 5.34. The molecule has 0 fully saturated rings. The number of benzene rings is 2. The molecule has 0 aromatic heterocycles. The van der Waals surface area contributed by atoms with E-state index in [4.69, 9.17) is 37.4 Å². The molecule has 2 aromatic rings. The first-order valence-corrected chi connectivity index (χ1v) is 7.76. The minimum absolute atomic E-state index is 0.0155. The molecule has 0 aliphatic carbocycles. The number of carbonyl (C=O) groups is 2. The van der Waals surface area contributed by atoms with Gasteiger partial charge < -0.3 is 14.2 Å². The van der Waals surface area contributed by atoms with Crippen LogP contribution in [0.15, 0.2) is 36.4 Å². The van der Waals surface area contributed by atoms with Crippen molar-refractivity contribution in [3.63, 3.8) is 0 Å². The number of Topliss-reactive ketones (excluding diaryl/α,β-unsaturated/α-hetero) is 1. The Hall–Kier alpha value is -2.31. The van der Waals surface area contributed by atoms with Gasteiger partial charge in [-0.1, -0.05) is 23.2 Å². The quantitative estimate of drug-likeness (QED) is 0.532. The first-order chi connectivity index (χ1) is 11.9. The second kappa shape index (κ2) is 8.69. The van der Waals surface area contributed by atoms with Crippen molar-refractivity contribution in [2.45, 2.75) is 0 Å². The average molecular weight is 387 g/mol. The Morgan fingerprint density at radius 1 is 1.04 bits per heavy atom. The number of carbonyl (C=O) groups excluding carboxylic acids is 2. The van der Waals surface area contributed by atoms with Gasteiger partial charge in [-0.3, -0.25) is 4.79 Å². The van der Waals surface area contributed by atoms with E-state index in [9.17, 15) is 14.0 Å². The highest BCUT2D eigenvalue weighted by molar-refractivity contribution is 6.35. The molecule has 5 nitrogen and oxygen atoms in total. The monoisotopic (exact) mass is 386 g/mol. The van der Waals surface area contributed by atoms with E-state index in [1.54, 1.807) is 6.07 Å². The number of esters is 1. The van der Waals surface area contributed by atoms with E-state index < -0.39 is 30.8 Å². The van der Waals surface area contributed by atoms with Gasteiger partial charge in [0.1, 0.15) is 5.75 Å². The van der Waals surface area contributed by atoms with Gasteiger partial charge in [0.2, 0.25) is 0 Å². The van der Waals surface area contributed by atoms with E-state index in [0.717, 1.165) is 6.07 Å². The molecule has 0 aliphatic heterocycles. The standard InChI is InChI=1S/C17H13Cl2FO5/c1-23-16-4-2-10(6-13(16)20)14(21)8-25-17(22)9-24-15-5-3-11(18)7-12(15)19/h2-7H,8-9H2,1H3. The largest absolute Gasteiger partial charge is 0.494 e. The van der Waals surface area contributed by atoms with Crippen LogP contribution in [-0.2, 0) is 9.53 Å². The average Bonchev–Trinajstić information content (AvgIpc) is 2.58. The normalized spacial score (nSPS) is 10.2. The van der Waals surface area contributed by atoms with Crippen molar-refractivity contribution in [3.05, 3.63) is 57.8 Å². The molecule has 0 heterocycles. The molecule has 0 saturated carbocycles. The van der Waals surface area contributed by atoms with Gasteiger partial charge in [-0.2, -0.15) is 0 Å². The van der Waals surface area contributed by atoms with Crippen LogP contribution in [0.5, 0.6) is 11.5 Å². The van der Waals surface area contributed by atoms with Crippen molar-refractivity contribution in [1.82, 2.24) is 0 Å². The molecule has 25 heavy (non-hydrogen) atoms. The molecule has 0 spiro atoms. The third-order valence-electron chi connectivity index (χ3n) is 3.08. The van der Waals surface area contributed by atoms with Gasteiger partial charge in [-0.25, -0.2) is 9.18 Å². The Kier molecular flexibility index (Phi) is 6.61. The van der Waals surface area contributed by atoms with Crippen molar-refractivity contribution >= 4 is 35.0 Å². The Morgan fingerprint density at radius 2 is 1.76 bits per heavy atom. The first-order valence-electron chi connectivity index (χ1n) is 7.01. The van der Waals surface area contributed by atoms with E-state index >= 15 is 0 Å². The molecule has 0 radical (unpaired) electrons. The fourth-order valence-electron chi connectivity index (χ4n) is 1.84. The summed E-state index contributed by atoms with van der Waals surface area (Å²) in [5.41, 5.74) is 0.0627. The molecule has 132 valence electrons. The molecular formula is C17H13Cl2FO5. The molecule has 2 aromatic carbocycles. The van der Waals surface area contributed by atoms with Crippen molar-refractivity contribution < 1.29 is 28.2 Å². The summed E-state index contributed by atoms with van der Waals surface area (Å²) in [5.74, 6) is -1.73. The summed E-state index contributed by atoms with van der Waals surface area (Å²) in [6.45, 7) is -0.978. The number of methoxy groups -OCH3 is 1. The fraction of sp³-hybridized carbons (Fsp3) is 0.176. The molecule has 2 rings (SSSR count). The topological polar surface area (TPSA) is 61.8 Å². The lowest BCUT2D eigenvalue weighted by Gasteiger charge is -2.08. The summed E-state index contributed by atoms with van der Waals surface area (Å²) in [4.78, 5) is 23.5. The minimum Gasteiger partial charge on any atom is -0.494 e. The second-order valence-electron chi connectivity index (χ2n) is 4.80. The molecule has 0 unspecified atom stereocenters. The molecule has 0 N–H and O–H groups in total. The van der Waals surface area contributed by atoms with Crippen molar-refractivity contribution in [1.29, 1.82) is 0 Å². The summed E-state index contributed by atoms with van der Waals surface area (Å²) in [6.07, 6.45) is 0. The summed E-state index contributed by atoms with van der Waals surface area (Å²) in [5, 5.41) is 0.669. The Morgan fingerprint density at radius 3 is 2.40 bits per heavy atom. The zero-order chi connectivity index (χ0) is 18.4. The number of halogens is 3. The van der Waals surface area contributed by atoms with Gasteiger partial charge in [0.15, 0.2) is 30.6 Å². The number of ketones is 1. The zero-order valence-electron chi connectivity index (χ0n) is 13.1. The van der Waals surface area contributed by atoms with E-state index in [0.29, 0.717) is 5.02 Å². The second-order valence-corrected chi connectivity index (χ2v) is 5.64. The molecular weight excluding hydrogens is 374 g/mol. The van der Waals surface area contributed by atoms with E-state index in [1.165, 1.54) is 31.4 Å². The zero-order valence-corrected chi connectivity index (χ0v) is 14.6. The number of hydrogen-bond donors (Lipinski definition) is 0. The van der Waals surface area contributed by atoms with Crippen LogP contribution < -0.4 is 9.47 Å². The van der Waals surface area contributed by atoms with Crippen LogP contribution in [0.3, 0.4) is 0 Å². The van der Waals surface area contributed by atoms with E-state index in [1.807, 2.05) is 0 Å². The molecule has 0 amide bonds. The Balaban J connectivity index is 1.85. The summed E-state index contributed by atoms with van der Waals surface area (Å²) >= 11 is 11.6. The van der Waals surface area contributed by atoms with Crippen LogP contribution in [0.25, 0.3) is 0 Å². The van der Waals surface area contributed by atoms with Gasteiger partial charge >= 0.3 is 5.97 Å². The van der Waals surface area contributed by atoms with Crippen LogP contribution in [0.2, 0.25) is 10.0 Å².